The Labute approximate surface area is 168 Å². The summed E-state index contributed by atoms with van der Waals surface area (Å²) in [6.07, 6.45) is 0. The lowest BCUT2D eigenvalue weighted by molar-refractivity contribution is -0.118. The van der Waals surface area contributed by atoms with Gasteiger partial charge in [-0.15, -0.1) is 0 Å². The zero-order valence-corrected chi connectivity index (χ0v) is 17.9. The van der Waals surface area contributed by atoms with Gasteiger partial charge in [0.25, 0.3) is 5.91 Å². The van der Waals surface area contributed by atoms with E-state index in [4.69, 9.17) is 4.74 Å². The molecule has 0 unspecified atom stereocenters. The first-order valence-electron chi connectivity index (χ1n) is 8.76. The van der Waals surface area contributed by atoms with Gasteiger partial charge in [-0.2, -0.15) is 0 Å². The Morgan fingerprint density at radius 2 is 1.81 bits per heavy atom. The second-order valence-electron chi connectivity index (χ2n) is 6.76. The van der Waals surface area contributed by atoms with Crippen LogP contribution in [0, 0.1) is 6.92 Å². The number of hydrogen-bond donors (Lipinski definition) is 1. The molecule has 0 saturated carbocycles. The number of nitrogens with one attached hydrogen (secondary N) is 1. The number of carbonyl (C=O) groups is 2. The van der Waals surface area contributed by atoms with Crippen molar-refractivity contribution < 1.29 is 14.3 Å². The molecule has 0 saturated heterocycles. The van der Waals surface area contributed by atoms with Crippen molar-refractivity contribution in [3.8, 4) is 5.75 Å². The number of benzene rings is 2. The SMILES string of the molecule is CC(=O)N(C)c1ccc(NC(=O)COc2cc(C)c(Br)cc2C(C)C)cc1. The third kappa shape index (κ3) is 5.57. The first kappa shape index (κ1) is 21.0. The predicted molar refractivity (Wildman–Crippen MR) is 113 cm³/mol. The lowest BCUT2D eigenvalue weighted by Gasteiger charge is -2.17. The molecule has 0 aliphatic heterocycles. The average Bonchev–Trinajstić information content (AvgIpc) is 2.62. The molecule has 2 amide bonds. The van der Waals surface area contributed by atoms with E-state index in [1.807, 2.05) is 19.1 Å². The number of aryl methyl sites for hydroxylation is 1. The van der Waals surface area contributed by atoms with Crippen LogP contribution >= 0.6 is 15.9 Å². The van der Waals surface area contributed by atoms with E-state index in [1.165, 1.54) is 11.8 Å². The van der Waals surface area contributed by atoms with E-state index < -0.39 is 0 Å². The molecule has 6 heteroatoms. The van der Waals surface area contributed by atoms with Gasteiger partial charge in [-0.1, -0.05) is 29.8 Å². The van der Waals surface area contributed by atoms with E-state index in [1.54, 1.807) is 31.3 Å². The van der Waals surface area contributed by atoms with Crippen LogP contribution in [-0.4, -0.2) is 25.5 Å². The Morgan fingerprint density at radius 3 is 2.37 bits per heavy atom. The van der Waals surface area contributed by atoms with Crippen molar-refractivity contribution in [2.45, 2.75) is 33.6 Å². The fraction of sp³-hybridized carbons (Fsp3) is 0.333. The number of anilines is 2. The number of amides is 2. The van der Waals surface area contributed by atoms with Gasteiger partial charge in [0, 0.05) is 29.8 Å². The monoisotopic (exact) mass is 432 g/mol. The second kappa shape index (κ2) is 9.04. The molecule has 2 aromatic rings. The molecule has 0 aliphatic rings. The Bertz CT molecular complexity index is 832. The van der Waals surface area contributed by atoms with Crippen LogP contribution in [0.4, 0.5) is 11.4 Å². The molecule has 0 spiro atoms. The summed E-state index contributed by atoms with van der Waals surface area (Å²) in [5, 5.41) is 2.81. The van der Waals surface area contributed by atoms with Crippen LogP contribution in [0.1, 0.15) is 37.8 Å². The fourth-order valence-corrected chi connectivity index (χ4v) is 2.90. The van der Waals surface area contributed by atoms with Crippen molar-refractivity contribution in [3.63, 3.8) is 0 Å². The zero-order valence-electron chi connectivity index (χ0n) is 16.3. The maximum absolute atomic E-state index is 12.2. The van der Waals surface area contributed by atoms with Crippen LogP contribution in [0.5, 0.6) is 5.75 Å². The molecule has 2 aromatic carbocycles. The number of ether oxygens (including phenoxy) is 1. The van der Waals surface area contributed by atoms with Gasteiger partial charge in [0.2, 0.25) is 5.91 Å². The smallest absolute Gasteiger partial charge is 0.262 e. The highest BCUT2D eigenvalue weighted by Gasteiger charge is 2.13. The standard InChI is InChI=1S/C21H25BrN2O3/c1-13(2)18-11-19(22)14(3)10-20(18)27-12-21(26)23-16-6-8-17(9-7-16)24(5)15(4)25/h6-11,13H,12H2,1-5H3,(H,23,26). The molecule has 0 bridgehead atoms. The van der Waals surface area contributed by atoms with Gasteiger partial charge >= 0.3 is 0 Å². The molecule has 2 rings (SSSR count). The number of rotatable bonds is 6. The van der Waals surface area contributed by atoms with Crippen LogP contribution in [0.3, 0.4) is 0 Å². The van der Waals surface area contributed by atoms with Crippen LogP contribution < -0.4 is 15.0 Å². The minimum atomic E-state index is -0.238. The molecule has 0 radical (unpaired) electrons. The number of carbonyl (C=O) groups excluding carboxylic acids is 2. The Balaban J connectivity index is 2.01. The van der Waals surface area contributed by atoms with Crippen molar-refractivity contribution in [2.24, 2.45) is 0 Å². The minimum absolute atomic E-state index is 0.0501. The molecule has 1 N–H and O–H groups in total. The van der Waals surface area contributed by atoms with Crippen molar-refractivity contribution in [2.75, 3.05) is 23.9 Å². The largest absolute Gasteiger partial charge is 0.483 e. The molecule has 0 heterocycles. The van der Waals surface area contributed by atoms with Crippen LogP contribution in [0.15, 0.2) is 40.9 Å². The van der Waals surface area contributed by atoms with E-state index in [-0.39, 0.29) is 24.3 Å². The van der Waals surface area contributed by atoms with Crippen molar-refractivity contribution in [3.05, 3.63) is 52.0 Å². The molecular weight excluding hydrogens is 408 g/mol. The quantitative estimate of drug-likeness (QED) is 0.707. The lowest BCUT2D eigenvalue weighted by atomic mass is 10.0. The minimum Gasteiger partial charge on any atom is -0.483 e. The van der Waals surface area contributed by atoms with Gasteiger partial charge in [-0.05, 0) is 60.4 Å². The predicted octanol–water partition coefficient (Wildman–Crippen LogP) is 4.88. The summed E-state index contributed by atoms with van der Waals surface area (Å²) in [6.45, 7) is 7.59. The maximum Gasteiger partial charge on any atom is 0.262 e. The van der Waals surface area contributed by atoms with Gasteiger partial charge in [-0.25, -0.2) is 0 Å². The van der Waals surface area contributed by atoms with Gasteiger partial charge in [0.15, 0.2) is 6.61 Å². The molecule has 0 aromatic heterocycles. The molecule has 0 fully saturated rings. The van der Waals surface area contributed by atoms with Crippen LogP contribution in [-0.2, 0) is 9.59 Å². The molecule has 5 nitrogen and oxygen atoms in total. The maximum atomic E-state index is 12.2. The highest BCUT2D eigenvalue weighted by atomic mass is 79.9. The van der Waals surface area contributed by atoms with Crippen molar-refractivity contribution >= 4 is 39.1 Å². The lowest BCUT2D eigenvalue weighted by Crippen LogP contribution is -2.23. The zero-order chi connectivity index (χ0) is 20.1. The van der Waals surface area contributed by atoms with E-state index >= 15 is 0 Å². The number of hydrogen-bond acceptors (Lipinski definition) is 3. The Kier molecular flexibility index (Phi) is 7.02. The Morgan fingerprint density at radius 1 is 1.19 bits per heavy atom. The molecule has 27 heavy (non-hydrogen) atoms. The molecule has 0 atom stereocenters. The van der Waals surface area contributed by atoms with Gasteiger partial charge in [0.1, 0.15) is 5.75 Å². The van der Waals surface area contributed by atoms with E-state index in [2.05, 4.69) is 35.1 Å². The van der Waals surface area contributed by atoms with Gasteiger partial charge in [-0.3, -0.25) is 9.59 Å². The summed E-state index contributed by atoms with van der Waals surface area (Å²) in [5.41, 5.74) is 3.53. The topological polar surface area (TPSA) is 58.6 Å². The summed E-state index contributed by atoms with van der Waals surface area (Å²) >= 11 is 3.54. The van der Waals surface area contributed by atoms with Crippen LogP contribution in [0.2, 0.25) is 0 Å². The van der Waals surface area contributed by atoms with E-state index in [9.17, 15) is 9.59 Å². The fourth-order valence-electron chi connectivity index (χ4n) is 2.54. The van der Waals surface area contributed by atoms with E-state index in [0.717, 1.165) is 27.0 Å². The Hall–Kier alpha value is -2.34. The van der Waals surface area contributed by atoms with Gasteiger partial charge < -0.3 is 15.0 Å². The molecule has 0 aliphatic carbocycles. The summed E-state index contributed by atoms with van der Waals surface area (Å²) in [7, 11) is 1.70. The first-order chi connectivity index (χ1) is 12.7. The summed E-state index contributed by atoms with van der Waals surface area (Å²) in [5.74, 6) is 0.717. The summed E-state index contributed by atoms with van der Waals surface area (Å²) in [4.78, 5) is 25.2. The van der Waals surface area contributed by atoms with Gasteiger partial charge in [0.05, 0.1) is 0 Å². The number of halogens is 1. The van der Waals surface area contributed by atoms with Crippen LogP contribution in [0.25, 0.3) is 0 Å². The highest BCUT2D eigenvalue weighted by Crippen LogP contribution is 2.32. The average molecular weight is 433 g/mol. The van der Waals surface area contributed by atoms with Crippen molar-refractivity contribution in [1.82, 2.24) is 0 Å². The molecule has 144 valence electrons. The summed E-state index contributed by atoms with van der Waals surface area (Å²) < 4.78 is 6.80. The van der Waals surface area contributed by atoms with E-state index in [0.29, 0.717) is 5.69 Å². The third-order valence-electron chi connectivity index (χ3n) is 4.28. The second-order valence-corrected chi connectivity index (χ2v) is 7.61. The summed E-state index contributed by atoms with van der Waals surface area (Å²) in [6, 6.07) is 11.1. The van der Waals surface area contributed by atoms with Crippen molar-refractivity contribution in [1.29, 1.82) is 0 Å². The first-order valence-corrected chi connectivity index (χ1v) is 9.55. The normalized spacial score (nSPS) is 10.6. The third-order valence-corrected chi connectivity index (χ3v) is 5.14. The highest BCUT2D eigenvalue weighted by molar-refractivity contribution is 9.10. The molecular formula is C21H25BrN2O3. The number of nitrogens with zero attached hydrogens (tertiary/aromatic N) is 1.